The van der Waals surface area contributed by atoms with Crippen LogP contribution in [0.25, 0.3) is 0 Å². The molecule has 1 aliphatic heterocycles. The van der Waals surface area contributed by atoms with Crippen molar-refractivity contribution in [3.05, 3.63) is 0 Å². The average molecular weight is 282 g/mol. The Kier molecular flexibility index (Phi) is 4.71. The highest BCUT2D eigenvalue weighted by atomic mass is 19.4. The summed E-state index contributed by atoms with van der Waals surface area (Å²) < 4.78 is 42.3. The van der Waals surface area contributed by atoms with E-state index in [9.17, 15) is 18.0 Å². The maximum absolute atomic E-state index is 12.4. The minimum absolute atomic E-state index is 0.0438. The number of rotatable bonds is 1. The fourth-order valence-electron chi connectivity index (χ4n) is 2.20. The van der Waals surface area contributed by atoms with Crippen LogP contribution in [-0.4, -0.2) is 41.9 Å². The van der Waals surface area contributed by atoms with Crippen LogP contribution in [0.5, 0.6) is 0 Å². The summed E-state index contributed by atoms with van der Waals surface area (Å²) >= 11 is 0. The molecular formula is C12H21F3N2O2. The van der Waals surface area contributed by atoms with Crippen molar-refractivity contribution in [1.29, 1.82) is 0 Å². The molecule has 2 unspecified atom stereocenters. The number of nitrogens with zero attached hydrogens (tertiary/aromatic N) is 1. The smallest absolute Gasteiger partial charge is 0.410 e. The lowest BCUT2D eigenvalue weighted by atomic mass is 9.92. The highest BCUT2D eigenvalue weighted by Crippen LogP contribution is 2.30. The normalized spacial score (nSPS) is 25.3. The van der Waals surface area contributed by atoms with Crippen LogP contribution in [0.15, 0.2) is 0 Å². The SMILES string of the molecule is CC(C)(C)OC(=O)N1CC(N)CC(CC(F)(F)F)C1. The monoisotopic (exact) mass is 282 g/mol. The van der Waals surface area contributed by atoms with E-state index in [1.807, 2.05) is 0 Å². The lowest BCUT2D eigenvalue weighted by Gasteiger charge is -2.37. The van der Waals surface area contributed by atoms with Crippen LogP contribution in [0.1, 0.15) is 33.6 Å². The number of hydrogen-bond acceptors (Lipinski definition) is 3. The summed E-state index contributed by atoms with van der Waals surface area (Å²) in [5, 5.41) is 0. The number of alkyl halides is 3. The third-order valence-corrected chi connectivity index (χ3v) is 2.74. The van der Waals surface area contributed by atoms with E-state index < -0.39 is 36.3 Å². The maximum atomic E-state index is 12.4. The van der Waals surface area contributed by atoms with E-state index in [1.54, 1.807) is 20.8 Å². The molecule has 1 heterocycles. The second-order valence-electron chi connectivity index (χ2n) is 6.07. The van der Waals surface area contributed by atoms with Gasteiger partial charge in [0.25, 0.3) is 0 Å². The molecule has 4 nitrogen and oxygen atoms in total. The minimum Gasteiger partial charge on any atom is -0.444 e. The predicted molar refractivity (Wildman–Crippen MR) is 64.6 cm³/mol. The number of piperidine rings is 1. The van der Waals surface area contributed by atoms with Gasteiger partial charge in [0.05, 0.1) is 0 Å². The van der Waals surface area contributed by atoms with Gasteiger partial charge in [-0.3, -0.25) is 0 Å². The predicted octanol–water partition coefficient (Wildman–Crippen LogP) is 2.52. The number of hydrogen-bond donors (Lipinski definition) is 1. The van der Waals surface area contributed by atoms with Crippen molar-refractivity contribution in [3.8, 4) is 0 Å². The first-order valence-corrected chi connectivity index (χ1v) is 6.26. The van der Waals surface area contributed by atoms with Gasteiger partial charge in [0, 0.05) is 25.6 Å². The molecule has 0 saturated carbocycles. The highest BCUT2D eigenvalue weighted by molar-refractivity contribution is 5.68. The molecule has 1 fully saturated rings. The summed E-state index contributed by atoms with van der Waals surface area (Å²) in [6, 6.07) is -0.436. The Labute approximate surface area is 111 Å². The third kappa shape index (κ3) is 6.13. The standard InChI is InChI=1S/C12H21F3N2O2/c1-11(2,3)19-10(18)17-6-8(4-9(16)7-17)5-12(13,14)15/h8-9H,4-7,16H2,1-3H3. The zero-order chi connectivity index (χ0) is 14.8. The van der Waals surface area contributed by atoms with Crippen LogP contribution in [0.2, 0.25) is 0 Å². The molecule has 2 N–H and O–H groups in total. The molecule has 19 heavy (non-hydrogen) atoms. The van der Waals surface area contributed by atoms with E-state index in [2.05, 4.69) is 0 Å². The summed E-state index contributed by atoms with van der Waals surface area (Å²) in [5.74, 6) is -0.656. The molecule has 0 aliphatic carbocycles. The molecule has 2 atom stereocenters. The quantitative estimate of drug-likeness (QED) is 0.804. The molecule has 7 heteroatoms. The molecule has 0 aromatic heterocycles. The fourth-order valence-corrected chi connectivity index (χ4v) is 2.20. The van der Waals surface area contributed by atoms with Gasteiger partial charge in [0.1, 0.15) is 5.60 Å². The van der Waals surface area contributed by atoms with E-state index >= 15 is 0 Å². The topological polar surface area (TPSA) is 55.6 Å². The summed E-state index contributed by atoms with van der Waals surface area (Å²) in [7, 11) is 0. The van der Waals surface area contributed by atoms with Crippen LogP contribution >= 0.6 is 0 Å². The van der Waals surface area contributed by atoms with Gasteiger partial charge >= 0.3 is 12.3 Å². The molecule has 0 aromatic carbocycles. The van der Waals surface area contributed by atoms with Gasteiger partial charge in [0.15, 0.2) is 0 Å². The summed E-state index contributed by atoms with van der Waals surface area (Å²) in [5.41, 5.74) is 5.05. The Hall–Kier alpha value is -0.980. The van der Waals surface area contributed by atoms with Crippen molar-refractivity contribution in [3.63, 3.8) is 0 Å². The first kappa shape index (κ1) is 16.1. The second kappa shape index (κ2) is 5.56. The van der Waals surface area contributed by atoms with Gasteiger partial charge < -0.3 is 15.4 Å². The van der Waals surface area contributed by atoms with Gasteiger partial charge in [-0.05, 0) is 33.1 Å². The molecule has 1 amide bonds. The largest absolute Gasteiger partial charge is 0.444 e. The van der Waals surface area contributed by atoms with Crippen LogP contribution < -0.4 is 5.73 Å². The summed E-state index contributed by atoms with van der Waals surface area (Å²) in [6.07, 6.45) is -5.48. The van der Waals surface area contributed by atoms with Crippen LogP contribution in [0.3, 0.4) is 0 Å². The second-order valence-corrected chi connectivity index (χ2v) is 6.07. The van der Waals surface area contributed by atoms with Crippen molar-refractivity contribution in [2.45, 2.75) is 51.4 Å². The lowest BCUT2D eigenvalue weighted by molar-refractivity contribution is -0.148. The van der Waals surface area contributed by atoms with E-state index in [-0.39, 0.29) is 19.5 Å². The molecule has 1 saturated heterocycles. The van der Waals surface area contributed by atoms with Gasteiger partial charge in [0.2, 0.25) is 0 Å². The summed E-state index contributed by atoms with van der Waals surface area (Å²) in [6.45, 7) is 5.41. The van der Waals surface area contributed by atoms with Gasteiger partial charge in [-0.1, -0.05) is 0 Å². The Balaban J connectivity index is 2.62. The minimum atomic E-state index is -4.23. The molecule has 1 aliphatic rings. The van der Waals surface area contributed by atoms with E-state index in [1.165, 1.54) is 4.90 Å². The molecule has 0 bridgehead atoms. The van der Waals surface area contributed by atoms with Gasteiger partial charge in [-0.2, -0.15) is 13.2 Å². The van der Waals surface area contributed by atoms with Crippen molar-refractivity contribution in [2.75, 3.05) is 13.1 Å². The van der Waals surface area contributed by atoms with E-state index in [4.69, 9.17) is 10.5 Å². The lowest BCUT2D eigenvalue weighted by Crippen LogP contribution is -2.51. The fraction of sp³-hybridized carbons (Fsp3) is 0.917. The zero-order valence-corrected chi connectivity index (χ0v) is 11.5. The van der Waals surface area contributed by atoms with Gasteiger partial charge in [-0.15, -0.1) is 0 Å². The van der Waals surface area contributed by atoms with E-state index in [0.717, 1.165) is 0 Å². The van der Waals surface area contributed by atoms with Crippen molar-refractivity contribution < 1.29 is 22.7 Å². The molecule has 0 spiro atoms. The summed E-state index contributed by atoms with van der Waals surface area (Å²) in [4.78, 5) is 13.1. The zero-order valence-electron chi connectivity index (χ0n) is 11.5. The molecule has 112 valence electrons. The van der Waals surface area contributed by atoms with Crippen LogP contribution in [0, 0.1) is 5.92 Å². The number of likely N-dealkylation sites (tertiary alicyclic amines) is 1. The number of ether oxygens (including phenoxy) is 1. The third-order valence-electron chi connectivity index (χ3n) is 2.74. The number of carbonyl (C=O) groups excluding carboxylic acids is 1. The number of nitrogens with two attached hydrogens (primary N) is 1. The van der Waals surface area contributed by atoms with Crippen molar-refractivity contribution >= 4 is 6.09 Å². The number of halogens is 3. The first-order valence-electron chi connectivity index (χ1n) is 6.26. The highest BCUT2D eigenvalue weighted by Gasteiger charge is 2.37. The number of carbonyl (C=O) groups is 1. The molecule has 0 radical (unpaired) electrons. The van der Waals surface area contributed by atoms with Gasteiger partial charge in [-0.25, -0.2) is 4.79 Å². The maximum Gasteiger partial charge on any atom is 0.410 e. The van der Waals surface area contributed by atoms with E-state index in [0.29, 0.717) is 0 Å². The van der Waals surface area contributed by atoms with Crippen LogP contribution in [-0.2, 0) is 4.74 Å². The Morgan fingerprint density at radius 3 is 2.37 bits per heavy atom. The molecule has 1 rings (SSSR count). The average Bonchev–Trinajstić information content (AvgIpc) is 2.10. The Bertz CT molecular complexity index is 326. The molecular weight excluding hydrogens is 261 g/mol. The van der Waals surface area contributed by atoms with Crippen molar-refractivity contribution in [2.24, 2.45) is 11.7 Å². The van der Waals surface area contributed by atoms with Crippen molar-refractivity contribution in [1.82, 2.24) is 4.90 Å². The molecule has 0 aromatic rings. The Morgan fingerprint density at radius 1 is 1.32 bits per heavy atom. The Morgan fingerprint density at radius 2 is 1.89 bits per heavy atom. The van der Waals surface area contributed by atoms with Crippen LogP contribution in [0.4, 0.5) is 18.0 Å². The first-order chi connectivity index (χ1) is 8.46. The number of amides is 1.